The molecule has 1 saturated heterocycles. The number of piperidine rings is 1. The molecule has 1 amide bonds. The average molecular weight is 372 g/mol. The first-order valence-corrected chi connectivity index (χ1v) is 9.77. The van der Waals surface area contributed by atoms with Crippen LogP contribution in [-0.4, -0.2) is 28.3 Å². The molecule has 1 N–H and O–H groups in total. The zero-order valence-corrected chi connectivity index (χ0v) is 15.8. The van der Waals surface area contributed by atoms with Gasteiger partial charge in [0, 0.05) is 37.0 Å². The molecule has 1 aliphatic heterocycles. The van der Waals surface area contributed by atoms with Crippen molar-refractivity contribution < 1.29 is 4.79 Å². The van der Waals surface area contributed by atoms with E-state index in [1.165, 1.54) is 0 Å². The van der Waals surface area contributed by atoms with Crippen molar-refractivity contribution in [2.45, 2.75) is 25.9 Å². The second kappa shape index (κ2) is 8.28. The summed E-state index contributed by atoms with van der Waals surface area (Å²) < 4.78 is 2.01. The number of nitriles is 1. The number of amides is 1. The molecule has 1 fully saturated rings. The van der Waals surface area contributed by atoms with Gasteiger partial charge in [-0.3, -0.25) is 9.69 Å². The minimum atomic E-state index is 0.0727. The molecule has 0 radical (unpaired) electrons. The van der Waals surface area contributed by atoms with Crippen LogP contribution in [0.2, 0.25) is 0 Å². The van der Waals surface area contributed by atoms with Crippen LogP contribution in [0.4, 0.5) is 0 Å². The molecule has 0 aliphatic carbocycles. The summed E-state index contributed by atoms with van der Waals surface area (Å²) in [4.78, 5) is 14.8. The van der Waals surface area contributed by atoms with Gasteiger partial charge in [0.25, 0.3) is 0 Å². The highest BCUT2D eigenvalue weighted by molar-refractivity contribution is 5.78. The molecule has 2 aromatic heterocycles. The minimum absolute atomic E-state index is 0.0727. The maximum absolute atomic E-state index is 12.5. The molecule has 0 bridgehead atoms. The van der Waals surface area contributed by atoms with E-state index in [0.717, 1.165) is 54.7 Å². The maximum atomic E-state index is 12.5. The summed E-state index contributed by atoms with van der Waals surface area (Å²) >= 11 is 0. The highest BCUT2D eigenvalue weighted by Gasteiger charge is 2.25. The molecule has 1 aliphatic rings. The molecule has 0 spiro atoms. The summed E-state index contributed by atoms with van der Waals surface area (Å²) in [5.41, 5.74) is 3.89. The largest absolute Gasteiger partial charge is 0.352 e. The second-order valence-electron chi connectivity index (χ2n) is 7.39. The van der Waals surface area contributed by atoms with Crippen LogP contribution in [0.15, 0.2) is 60.9 Å². The molecular formula is C23H24N4O. The summed E-state index contributed by atoms with van der Waals surface area (Å²) in [5, 5.41) is 12.6. The van der Waals surface area contributed by atoms with E-state index in [-0.39, 0.29) is 11.8 Å². The molecule has 5 heteroatoms. The molecule has 28 heavy (non-hydrogen) atoms. The maximum Gasteiger partial charge on any atom is 0.223 e. The lowest BCUT2D eigenvalue weighted by molar-refractivity contribution is -0.126. The Bertz CT molecular complexity index is 994. The summed E-state index contributed by atoms with van der Waals surface area (Å²) in [6, 6.07) is 18.3. The Morgan fingerprint density at radius 2 is 1.86 bits per heavy atom. The lowest BCUT2D eigenvalue weighted by Crippen LogP contribution is -2.40. The first-order chi connectivity index (χ1) is 13.7. The van der Waals surface area contributed by atoms with E-state index in [2.05, 4.69) is 16.3 Å². The number of nitrogens with zero attached hydrogens (tertiary/aromatic N) is 3. The van der Waals surface area contributed by atoms with Gasteiger partial charge in [0.1, 0.15) is 6.07 Å². The van der Waals surface area contributed by atoms with Crippen LogP contribution in [0.5, 0.6) is 0 Å². The average Bonchev–Trinajstić information content (AvgIpc) is 3.10. The van der Waals surface area contributed by atoms with E-state index in [1.54, 1.807) is 0 Å². The predicted molar refractivity (Wildman–Crippen MR) is 108 cm³/mol. The van der Waals surface area contributed by atoms with Crippen LogP contribution in [0.25, 0.3) is 5.52 Å². The third kappa shape index (κ3) is 3.92. The van der Waals surface area contributed by atoms with Gasteiger partial charge in [-0.15, -0.1) is 0 Å². The van der Waals surface area contributed by atoms with E-state index >= 15 is 0 Å². The van der Waals surface area contributed by atoms with Crippen LogP contribution >= 0.6 is 0 Å². The molecule has 5 nitrogen and oxygen atoms in total. The van der Waals surface area contributed by atoms with Gasteiger partial charge in [-0.25, -0.2) is 0 Å². The molecule has 3 aromatic rings. The van der Waals surface area contributed by atoms with E-state index in [9.17, 15) is 10.1 Å². The van der Waals surface area contributed by atoms with Crippen molar-refractivity contribution in [1.82, 2.24) is 14.6 Å². The minimum Gasteiger partial charge on any atom is -0.352 e. The predicted octanol–water partition coefficient (Wildman–Crippen LogP) is 3.34. The Labute approximate surface area is 165 Å². The standard InChI is InChI=1S/C23H24N4O/c24-14-21-20(17-27-11-5-4-8-22(21)27)16-26-12-9-19(10-13-26)23(28)25-15-18-6-2-1-3-7-18/h1-8,11,17,19H,9-10,12-13,15-16H2,(H,25,28). The number of rotatable bonds is 5. The number of carbonyl (C=O) groups excluding carboxylic acids is 1. The highest BCUT2D eigenvalue weighted by atomic mass is 16.1. The molecule has 4 rings (SSSR count). The molecule has 0 atom stereocenters. The Hall–Kier alpha value is -3.10. The molecule has 0 saturated carbocycles. The van der Waals surface area contributed by atoms with Gasteiger partial charge in [-0.1, -0.05) is 36.4 Å². The first kappa shape index (κ1) is 18.3. The number of hydrogen-bond acceptors (Lipinski definition) is 3. The summed E-state index contributed by atoms with van der Waals surface area (Å²) in [5.74, 6) is 0.222. The normalized spacial score (nSPS) is 15.4. The number of aromatic nitrogens is 1. The number of benzene rings is 1. The van der Waals surface area contributed by atoms with Gasteiger partial charge in [0.2, 0.25) is 5.91 Å². The van der Waals surface area contributed by atoms with Crippen LogP contribution in [-0.2, 0) is 17.9 Å². The monoisotopic (exact) mass is 372 g/mol. The zero-order valence-electron chi connectivity index (χ0n) is 15.8. The summed E-state index contributed by atoms with van der Waals surface area (Å²) in [7, 11) is 0. The second-order valence-corrected chi connectivity index (χ2v) is 7.39. The number of likely N-dealkylation sites (tertiary alicyclic amines) is 1. The van der Waals surface area contributed by atoms with Gasteiger partial charge in [-0.05, 0) is 43.6 Å². The molecule has 142 valence electrons. The van der Waals surface area contributed by atoms with Crippen molar-refractivity contribution >= 4 is 11.4 Å². The van der Waals surface area contributed by atoms with Gasteiger partial charge < -0.3 is 9.72 Å². The fraction of sp³-hybridized carbons (Fsp3) is 0.304. The van der Waals surface area contributed by atoms with E-state index in [1.807, 2.05) is 65.3 Å². The van der Waals surface area contributed by atoms with Gasteiger partial charge in [-0.2, -0.15) is 5.26 Å². The number of carbonyl (C=O) groups is 1. The number of nitrogens with one attached hydrogen (secondary N) is 1. The molecule has 1 aromatic carbocycles. The Morgan fingerprint density at radius 1 is 1.11 bits per heavy atom. The SMILES string of the molecule is N#Cc1c(CN2CCC(C(=O)NCc3ccccc3)CC2)cn2ccccc12. The van der Waals surface area contributed by atoms with Crippen molar-refractivity contribution in [1.29, 1.82) is 5.26 Å². The third-order valence-electron chi connectivity index (χ3n) is 5.54. The van der Waals surface area contributed by atoms with Crippen molar-refractivity contribution in [3.8, 4) is 6.07 Å². The van der Waals surface area contributed by atoms with Crippen molar-refractivity contribution in [3.05, 3.63) is 77.6 Å². The van der Waals surface area contributed by atoms with Gasteiger partial charge >= 0.3 is 0 Å². The lowest BCUT2D eigenvalue weighted by atomic mass is 9.95. The smallest absolute Gasteiger partial charge is 0.223 e. The first-order valence-electron chi connectivity index (χ1n) is 9.77. The van der Waals surface area contributed by atoms with Crippen molar-refractivity contribution in [3.63, 3.8) is 0 Å². The number of fused-ring (bicyclic) bond motifs is 1. The Kier molecular flexibility index (Phi) is 5.41. The lowest BCUT2D eigenvalue weighted by Gasteiger charge is -2.31. The number of hydrogen-bond donors (Lipinski definition) is 1. The quantitative estimate of drug-likeness (QED) is 0.747. The Balaban J connectivity index is 1.32. The van der Waals surface area contributed by atoms with Crippen LogP contribution in [0.1, 0.15) is 29.5 Å². The highest BCUT2D eigenvalue weighted by Crippen LogP contribution is 2.23. The zero-order chi connectivity index (χ0) is 19.3. The number of pyridine rings is 1. The van der Waals surface area contributed by atoms with Gasteiger partial charge in [0.15, 0.2) is 0 Å². The van der Waals surface area contributed by atoms with E-state index < -0.39 is 0 Å². The molecule has 0 unspecified atom stereocenters. The van der Waals surface area contributed by atoms with Crippen LogP contribution < -0.4 is 5.32 Å². The molecular weight excluding hydrogens is 348 g/mol. The van der Waals surface area contributed by atoms with Crippen molar-refractivity contribution in [2.24, 2.45) is 5.92 Å². The fourth-order valence-electron chi connectivity index (χ4n) is 3.95. The molecule has 3 heterocycles. The van der Waals surface area contributed by atoms with E-state index in [4.69, 9.17) is 0 Å². The van der Waals surface area contributed by atoms with Crippen LogP contribution in [0, 0.1) is 17.2 Å². The van der Waals surface area contributed by atoms with Gasteiger partial charge in [0.05, 0.1) is 11.1 Å². The van der Waals surface area contributed by atoms with E-state index in [0.29, 0.717) is 6.54 Å². The Morgan fingerprint density at radius 3 is 2.61 bits per heavy atom. The topological polar surface area (TPSA) is 60.5 Å². The fourth-order valence-corrected chi connectivity index (χ4v) is 3.95. The summed E-state index contributed by atoms with van der Waals surface area (Å²) in [6.45, 7) is 3.09. The summed E-state index contributed by atoms with van der Waals surface area (Å²) in [6.07, 6.45) is 5.74. The third-order valence-corrected chi connectivity index (χ3v) is 5.54. The van der Waals surface area contributed by atoms with Crippen LogP contribution in [0.3, 0.4) is 0 Å². The van der Waals surface area contributed by atoms with Crippen molar-refractivity contribution in [2.75, 3.05) is 13.1 Å².